The van der Waals surface area contributed by atoms with Crippen LogP contribution in [-0.2, 0) is 5.75 Å². The Morgan fingerprint density at radius 2 is 2.12 bits per heavy atom. The van der Waals surface area contributed by atoms with Crippen LogP contribution in [0.15, 0.2) is 15.8 Å². The van der Waals surface area contributed by atoms with Gasteiger partial charge in [-0.1, -0.05) is 23.4 Å². The zero-order valence-electron chi connectivity index (χ0n) is 8.28. The predicted octanol–water partition coefficient (Wildman–Crippen LogP) is 3.84. The first-order valence-corrected chi connectivity index (χ1v) is 6.99. The van der Waals surface area contributed by atoms with Gasteiger partial charge in [0.2, 0.25) is 5.28 Å². The summed E-state index contributed by atoms with van der Waals surface area (Å²) in [5.74, 6) is 0.689. The van der Waals surface area contributed by atoms with E-state index in [9.17, 15) is 0 Å². The van der Waals surface area contributed by atoms with Gasteiger partial charge in [0.05, 0.1) is 5.69 Å². The first-order chi connectivity index (χ1) is 7.63. The lowest BCUT2D eigenvalue weighted by Crippen LogP contribution is -1.90. The lowest BCUT2D eigenvalue weighted by Gasteiger charge is -1.99. The Morgan fingerprint density at radius 3 is 2.75 bits per heavy atom. The molecule has 2 aromatic heterocycles. The number of aromatic nitrogens is 3. The summed E-state index contributed by atoms with van der Waals surface area (Å²) in [5.41, 5.74) is 1.84. The van der Waals surface area contributed by atoms with Gasteiger partial charge in [0.1, 0.15) is 9.49 Å². The van der Waals surface area contributed by atoms with Gasteiger partial charge in [-0.2, -0.15) is 0 Å². The molecule has 0 fully saturated rings. The van der Waals surface area contributed by atoms with Gasteiger partial charge in [0, 0.05) is 16.8 Å². The van der Waals surface area contributed by atoms with Gasteiger partial charge in [-0.15, -0.1) is 11.3 Å². The number of aryl methyl sites for hydroxylation is 1. The molecular formula is C9H7Cl2N3S2. The van der Waals surface area contributed by atoms with E-state index >= 15 is 0 Å². The maximum absolute atomic E-state index is 5.78. The van der Waals surface area contributed by atoms with Crippen molar-refractivity contribution in [1.29, 1.82) is 0 Å². The summed E-state index contributed by atoms with van der Waals surface area (Å²) in [6.07, 6.45) is 0. The fraction of sp³-hybridized carbons (Fsp3) is 0.222. The molecule has 3 nitrogen and oxygen atoms in total. The highest BCUT2D eigenvalue weighted by Gasteiger charge is 2.04. The largest absolute Gasteiger partial charge is 0.235 e. The lowest BCUT2D eigenvalue weighted by atomic mass is 10.5. The van der Waals surface area contributed by atoms with Crippen LogP contribution in [0.3, 0.4) is 0 Å². The van der Waals surface area contributed by atoms with E-state index in [2.05, 4.69) is 15.0 Å². The molecule has 0 radical (unpaired) electrons. The monoisotopic (exact) mass is 291 g/mol. The quantitative estimate of drug-likeness (QED) is 0.489. The van der Waals surface area contributed by atoms with Gasteiger partial charge >= 0.3 is 0 Å². The molecule has 7 heteroatoms. The van der Waals surface area contributed by atoms with Crippen LogP contribution in [0.1, 0.15) is 11.4 Å². The normalized spacial score (nSPS) is 10.7. The molecule has 0 aliphatic heterocycles. The molecule has 0 amide bonds. The third-order valence-corrected chi connectivity index (χ3v) is 4.20. The Labute approximate surface area is 111 Å². The van der Waals surface area contributed by atoms with E-state index in [1.54, 1.807) is 29.2 Å². The number of nitrogens with zero attached hydrogens (tertiary/aromatic N) is 3. The standard InChI is InChI=1S/C9H7Cl2N3S2/c1-5-3-15-9(12-5)16-4-6-2-7(10)14-8(11)13-6/h2-3H,4H2,1H3. The average molecular weight is 292 g/mol. The molecule has 0 saturated heterocycles. The van der Waals surface area contributed by atoms with Crippen LogP contribution in [0.5, 0.6) is 0 Å². The van der Waals surface area contributed by atoms with Gasteiger partial charge < -0.3 is 0 Å². The van der Waals surface area contributed by atoms with Crippen molar-refractivity contribution in [3.05, 3.63) is 33.3 Å². The lowest BCUT2D eigenvalue weighted by molar-refractivity contribution is 1.08. The molecule has 0 bridgehead atoms. The number of hydrogen-bond acceptors (Lipinski definition) is 5. The van der Waals surface area contributed by atoms with Gasteiger partial charge in [0.25, 0.3) is 0 Å². The highest BCUT2D eigenvalue weighted by atomic mass is 35.5. The Morgan fingerprint density at radius 1 is 1.31 bits per heavy atom. The molecule has 0 saturated carbocycles. The highest BCUT2D eigenvalue weighted by Crippen LogP contribution is 2.26. The van der Waals surface area contributed by atoms with Crippen molar-refractivity contribution < 1.29 is 0 Å². The topological polar surface area (TPSA) is 38.7 Å². The second kappa shape index (κ2) is 5.31. The third-order valence-electron chi connectivity index (χ3n) is 1.66. The number of rotatable bonds is 3. The summed E-state index contributed by atoms with van der Waals surface area (Å²) in [6.45, 7) is 1.97. The van der Waals surface area contributed by atoms with Crippen molar-refractivity contribution in [2.45, 2.75) is 17.0 Å². The van der Waals surface area contributed by atoms with Gasteiger partial charge in [0.15, 0.2) is 0 Å². The summed E-state index contributed by atoms with van der Waals surface area (Å²) in [6, 6.07) is 1.71. The molecule has 0 aromatic carbocycles. The Balaban J connectivity index is 2.04. The molecule has 0 spiro atoms. The Kier molecular flexibility index (Phi) is 4.02. The fourth-order valence-electron chi connectivity index (χ4n) is 1.04. The van der Waals surface area contributed by atoms with E-state index < -0.39 is 0 Å². The summed E-state index contributed by atoms with van der Waals surface area (Å²) in [4.78, 5) is 12.2. The van der Waals surface area contributed by atoms with Gasteiger partial charge in [-0.05, 0) is 24.6 Å². The number of halogens is 2. The zero-order chi connectivity index (χ0) is 11.5. The number of thioether (sulfide) groups is 1. The van der Waals surface area contributed by atoms with E-state index in [1.165, 1.54) is 0 Å². The number of hydrogen-bond donors (Lipinski definition) is 0. The smallest absolute Gasteiger partial charge is 0.224 e. The van der Waals surface area contributed by atoms with Crippen molar-refractivity contribution in [2.24, 2.45) is 0 Å². The maximum atomic E-state index is 5.78. The Bertz CT molecular complexity index is 481. The minimum absolute atomic E-state index is 0.179. The van der Waals surface area contributed by atoms with Gasteiger partial charge in [-0.25, -0.2) is 15.0 Å². The highest BCUT2D eigenvalue weighted by molar-refractivity contribution is 8.00. The Hall–Kier alpha value is -0.360. The predicted molar refractivity (Wildman–Crippen MR) is 68.5 cm³/mol. The minimum atomic E-state index is 0.179. The summed E-state index contributed by atoms with van der Waals surface area (Å²) in [7, 11) is 0. The van der Waals surface area contributed by atoms with Crippen LogP contribution < -0.4 is 0 Å². The molecule has 16 heavy (non-hydrogen) atoms. The SMILES string of the molecule is Cc1csc(SCc2cc(Cl)nc(Cl)n2)n1. The third kappa shape index (κ3) is 3.31. The van der Waals surface area contributed by atoms with Crippen LogP contribution >= 0.6 is 46.3 Å². The summed E-state index contributed by atoms with van der Waals surface area (Å²) >= 11 is 14.7. The van der Waals surface area contributed by atoms with Crippen molar-refractivity contribution in [3.63, 3.8) is 0 Å². The van der Waals surface area contributed by atoms with E-state index in [-0.39, 0.29) is 5.28 Å². The van der Waals surface area contributed by atoms with Crippen molar-refractivity contribution in [3.8, 4) is 0 Å². The van der Waals surface area contributed by atoms with Crippen LogP contribution in [0.25, 0.3) is 0 Å². The molecule has 84 valence electrons. The van der Waals surface area contributed by atoms with Crippen molar-refractivity contribution in [1.82, 2.24) is 15.0 Å². The number of thiazole rings is 1. The van der Waals surface area contributed by atoms with Crippen LogP contribution in [0.2, 0.25) is 10.4 Å². The molecule has 0 N–H and O–H groups in total. The minimum Gasteiger partial charge on any atom is -0.235 e. The van der Waals surface area contributed by atoms with E-state index in [0.717, 1.165) is 15.7 Å². The average Bonchev–Trinajstić information content (AvgIpc) is 2.60. The van der Waals surface area contributed by atoms with E-state index in [4.69, 9.17) is 23.2 Å². The molecule has 2 aromatic rings. The molecule has 0 aliphatic carbocycles. The van der Waals surface area contributed by atoms with Crippen molar-refractivity contribution >= 4 is 46.3 Å². The molecular weight excluding hydrogens is 285 g/mol. The van der Waals surface area contributed by atoms with Crippen LogP contribution in [0.4, 0.5) is 0 Å². The van der Waals surface area contributed by atoms with Crippen molar-refractivity contribution in [2.75, 3.05) is 0 Å². The first-order valence-electron chi connectivity index (χ1n) is 4.37. The van der Waals surface area contributed by atoms with E-state index in [1.807, 2.05) is 12.3 Å². The molecule has 0 atom stereocenters. The summed E-state index contributed by atoms with van der Waals surface area (Å²) in [5, 5.41) is 2.56. The first kappa shape index (κ1) is 12.1. The maximum Gasteiger partial charge on any atom is 0.224 e. The second-order valence-electron chi connectivity index (χ2n) is 2.99. The molecule has 0 aliphatic rings. The van der Waals surface area contributed by atoms with Crippen LogP contribution in [0, 0.1) is 6.92 Å². The second-order valence-corrected chi connectivity index (χ2v) is 5.80. The summed E-state index contributed by atoms with van der Waals surface area (Å²) < 4.78 is 1.02. The molecule has 0 unspecified atom stereocenters. The van der Waals surface area contributed by atoms with Gasteiger partial charge in [-0.3, -0.25) is 0 Å². The van der Waals surface area contributed by atoms with Crippen LogP contribution in [-0.4, -0.2) is 15.0 Å². The van der Waals surface area contributed by atoms with E-state index in [0.29, 0.717) is 10.9 Å². The molecule has 2 heterocycles. The molecule has 2 rings (SSSR count). The fourth-order valence-corrected chi connectivity index (χ4v) is 3.23. The zero-order valence-corrected chi connectivity index (χ0v) is 11.4.